The minimum atomic E-state index is -3.02. The molecule has 5 nitrogen and oxygen atoms in total. The lowest BCUT2D eigenvalue weighted by Crippen LogP contribution is -2.50. The van der Waals surface area contributed by atoms with Crippen LogP contribution in [0.25, 0.3) is 0 Å². The molecule has 1 aliphatic carbocycles. The van der Waals surface area contributed by atoms with Crippen molar-refractivity contribution in [2.75, 3.05) is 0 Å². The average molecular weight is 311 g/mol. The molecule has 2 aliphatic rings. The second-order valence-electron chi connectivity index (χ2n) is 5.60. The summed E-state index contributed by atoms with van der Waals surface area (Å²) in [6.45, 7) is -0.0779. The van der Waals surface area contributed by atoms with Gasteiger partial charge in [-0.2, -0.15) is 0 Å². The molecule has 1 aliphatic heterocycles. The van der Waals surface area contributed by atoms with Crippen molar-refractivity contribution in [3.63, 3.8) is 0 Å². The van der Waals surface area contributed by atoms with Crippen molar-refractivity contribution in [1.29, 1.82) is 0 Å². The zero-order valence-electron chi connectivity index (χ0n) is 11.6. The number of halogens is 2. The van der Waals surface area contributed by atoms with Gasteiger partial charge in [-0.05, 0) is 18.4 Å². The Labute approximate surface area is 125 Å². The number of fused-ring (bicyclic) bond motifs is 1. The molecule has 0 spiro atoms. The van der Waals surface area contributed by atoms with Gasteiger partial charge in [-0.25, -0.2) is 18.4 Å². The van der Waals surface area contributed by atoms with Crippen molar-refractivity contribution in [1.82, 2.24) is 4.90 Å². The van der Waals surface area contributed by atoms with E-state index in [4.69, 9.17) is 9.84 Å². The number of likely N-dealkylation sites (tertiary alicyclic amines) is 1. The molecule has 1 N–H and O–H groups in total. The van der Waals surface area contributed by atoms with Gasteiger partial charge in [0.05, 0.1) is 5.92 Å². The highest BCUT2D eigenvalue weighted by Gasteiger charge is 2.74. The summed E-state index contributed by atoms with van der Waals surface area (Å²) in [7, 11) is 0. The van der Waals surface area contributed by atoms with E-state index in [1.54, 1.807) is 30.3 Å². The van der Waals surface area contributed by atoms with Crippen LogP contribution in [-0.2, 0) is 16.1 Å². The van der Waals surface area contributed by atoms with E-state index in [2.05, 4.69) is 0 Å². The molecular weight excluding hydrogens is 296 g/mol. The summed E-state index contributed by atoms with van der Waals surface area (Å²) in [6, 6.07) is 6.17. The van der Waals surface area contributed by atoms with E-state index in [0.29, 0.717) is 10.5 Å². The van der Waals surface area contributed by atoms with E-state index in [1.165, 1.54) is 0 Å². The Morgan fingerprint density at radius 1 is 1.27 bits per heavy atom. The quantitative estimate of drug-likeness (QED) is 0.931. The Morgan fingerprint density at radius 2 is 1.95 bits per heavy atom. The molecule has 0 bridgehead atoms. The van der Waals surface area contributed by atoms with Crippen molar-refractivity contribution < 1.29 is 28.2 Å². The zero-order valence-corrected chi connectivity index (χ0v) is 11.6. The number of aliphatic carboxylic acids is 1. The number of hydrogen-bond acceptors (Lipinski definition) is 3. The van der Waals surface area contributed by atoms with Crippen LogP contribution in [0.15, 0.2) is 30.3 Å². The number of benzene rings is 1. The molecule has 0 aromatic heterocycles. The number of carbonyl (C=O) groups is 2. The van der Waals surface area contributed by atoms with Crippen LogP contribution in [0.1, 0.15) is 18.4 Å². The van der Waals surface area contributed by atoms with Gasteiger partial charge in [0.1, 0.15) is 18.7 Å². The van der Waals surface area contributed by atoms with Crippen LogP contribution in [0, 0.1) is 5.92 Å². The summed E-state index contributed by atoms with van der Waals surface area (Å²) in [4.78, 5) is 24.1. The highest BCUT2D eigenvalue weighted by Crippen LogP contribution is 2.58. The Bertz CT molecular complexity index is 592. The lowest BCUT2D eigenvalue weighted by Gasteiger charge is -2.30. The number of ether oxygens (including phenoxy) is 1. The van der Waals surface area contributed by atoms with Crippen molar-refractivity contribution in [3.05, 3.63) is 35.9 Å². The molecule has 0 unspecified atom stereocenters. The predicted molar refractivity (Wildman–Crippen MR) is 71.3 cm³/mol. The van der Waals surface area contributed by atoms with Gasteiger partial charge in [0, 0.05) is 0 Å². The van der Waals surface area contributed by atoms with Crippen LogP contribution in [0.4, 0.5) is 13.6 Å². The van der Waals surface area contributed by atoms with Crippen LogP contribution in [0.3, 0.4) is 0 Å². The van der Waals surface area contributed by atoms with Gasteiger partial charge in [-0.15, -0.1) is 0 Å². The van der Waals surface area contributed by atoms with E-state index in [-0.39, 0.29) is 19.4 Å². The molecule has 0 radical (unpaired) electrons. The van der Waals surface area contributed by atoms with Gasteiger partial charge < -0.3 is 9.84 Å². The molecule has 3 rings (SSSR count). The van der Waals surface area contributed by atoms with Gasteiger partial charge in [-0.1, -0.05) is 30.3 Å². The van der Waals surface area contributed by atoms with Crippen molar-refractivity contribution in [3.8, 4) is 0 Å². The first-order valence-corrected chi connectivity index (χ1v) is 7.02. The average Bonchev–Trinajstić information content (AvgIpc) is 3.07. The summed E-state index contributed by atoms with van der Waals surface area (Å²) < 4.78 is 32.4. The van der Waals surface area contributed by atoms with E-state index in [0.717, 1.165) is 0 Å². The van der Waals surface area contributed by atoms with E-state index in [1.807, 2.05) is 0 Å². The Morgan fingerprint density at radius 3 is 2.59 bits per heavy atom. The topological polar surface area (TPSA) is 66.8 Å². The van der Waals surface area contributed by atoms with Crippen LogP contribution < -0.4 is 0 Å². The number of piperidine rings is 1. The Hall–Kier alpha value is -2.18. The minimum absolute atomic E-state index is 0.0204. The maximum absolute atomic E-state index is 13.7. The lowest BCUT2D eigenvalue weighted by atomic mass is 10.0. The van der Waals surface area contributed by atoms with Crippen molar-refractivity contribution >= 4 is 12.1 Å². The molecule has 3 atom stereocenters. The second-order valence-corrected chi connectivity index (χ2v) is 5.60. The van der Waals surface area contributed by atoms with Crippen LogP contribution in [-0.4, -0.2) is 40.1 Å². The third-order valence-electron chi connectivity index (χ3n) is 4.25. The van der Waals surface area contributed by atoms with Crippen molar-refractivity contribution in [2.45, 2.75) is 37.5 Å². The summed E-state index contributed by atoms with van der Waals surface area (Å²) in [5.74, 6) is -5.25. The molecule has 1 heterocycles. The van der Waals surface area contributed by atoms with Crippen LogP contribution in [0.5, 0.6) is 0 Å². The molecule has 1 amide bonds. The largest absolute Gasteiger partial charge is 0.480 e. The number of carbonyl (C=O) groups excluding carboxylic acids is 1. The fourth-order valence-corrected chi connectivity index (χ4v) is 3.05. The molecule has 22 heavy (non-hydrogen) atoms. The second kappa shape index (κ2) is 5.23. The minimum Gasteiger partial charge on any atom is -0.480 e. The predicted octanol–water partition coefficient (Wildman–Crippen LogP) is 2.51. The molecule has 118 valence electrons. The number of nitrogens with zero attached hydrogens (tertiary/aromatic N) is 1. The number of alkyl halides is 2. The van der Waals surface area contributed by atoms with Gasteiger partial charge in [-0.3, -0.25) is 4.90 Å². The first-order chi connectivity index (χ1) is 10.4. The van der Waals surface area contributed by atoms with Crippen LogP contribution >= 0.6 is 0 Å². The zero-order chi connectivity index (χ0) is 15.9. The monoisotopic (exact) mass is 311 g/mol. The third kappa shape index (κ3) is 2.40. The highest BCUT2D eigenvalue weighted by molar-refractivity contribution is 5.81. The number of rotatable bonds is 3. The first-order valence-electron chi connectivity index (χ1n) is 7.02. The summed E-state index contributed by atoms with van der Waals surface area (Å²) in [5, 5.41) is 9.15. The van der Waals surface area contributed by atoms with Crippen molar-refractivity contribution in [2.24, 2.45) is 5.92 Å². The van der Waals surface area contributed by atoms with Crippen LogP contribution in [0.2, 0.25) is 0 Å². The van der Waals surface area contributed by atoms with Gasteiger partial charge in [0.2, 0.25) is 0 Å². The molecule has 1 saturated heterocycles. The Kier molecular flexibility index (Phi) is 3.50. The first kappa shape index (κ1) is 14.7. The normalized spacial score (nSPS) is 28.6. The Balaban J connectivity index is 1.72. The fourth-order valence-electron chi connectivity index (χ4n) is 3.05. The molecular formula is C15H15F2NO4. The van der Waals surface area contributed by atoms with Gasteiger partial charge >= 0.3 is 12.1 Å². The standard InChI is InChI=1S/C15H15F2NO4/c16-15(17)10-6-7-11(13(19)20)18(12(10)15)14(21)22-8-9-4-2-1-3-5-9/h1-5,10-12H,6-8H2,(H,19,20)/t10-,11-,12+/m0/s1. The number of amides is 1. The third-order valence-corrected chi connectivity index (χ3v) is 4.25. The fraction of sp³-hybridized carbons (Fsp3) is 0.467. The van der Waals surface area contributed by atoms with E-state index < -0.39 is 36.0 Å². The molecule has 7 heteroatoms. The lowest BCUT2D eigenvalue weighted by molar-refractivity contribution is -0.144. The summed E-state index contributed by atoms with van der Waals surface area (Å²) in [5.41, 5.74) is 0.707. The number of carboxylic acid groups (broad SMARTS) is 1. The maximum Gasteiger partial charge on any atom is 0.411 e. The molecule has 1 saturated carbocycles. The molecule has 2 fully saturated rings. The van der Waals surface area contributed by atoms with E-state index in [9.17, 15) is 18.4 Å². The number of hydrogen-bond donors (Lipinski definition) is 1. The molecule has 1 aromatic carbocycles. The highest BCUT2D eigenvalue weighted by atomic mass is 19.3. The van der Waals surface area contributed by atoms with Gasteiger partial charge in [0.25, 0.3) is 5.92 Å². The van der Waals surface area contributed by atoms with E-state index >= 15 is 0 Å². The summed E-state index contributed by atoms with van der Waals surface area (Å²) >= 11 is 0. The smallest absolute Gasteiger partial charge is 0.411 e. The van der Waals surface area contributed by atoms with Gasteiger partial charge in [0.15, 0.2) is 0 Å². The molecule has 1 aromatic rings. The maximum atomic E-state index is 13.7. The SMILES string of the molecule is O=C(O)[C@@H]1CC[C@H]2[C@@H](N1C(=O)OCc1ccccc1)C2(F)F. The number of carboxylic acids is 1. The summed E-state index contributed by atoms with van der Waals surface area (Å²) in [6.07, 6.45) is -0.869.